The lowest BCUT2D eigenvalue weighted by molar-refractivity contribution is 0.101. The maximum Gasteiger partial charge on any atom is 0.261 e. The van der Waals surface area contributed by atoms with Crippen LogP contribution in [0.15, 0.2) is 83.8 Å². The first-order chi connectivity index (χ1) is 17.0. The van der Waals surface area contributed by atoms with E-state index in [9.17, 15) is 13.6 Å². The van der Waals surface area contributed by atoms with E-state index in [1.54, 1.807) is 30.3 Å². The molecule has 0 aliphatic rings. The van der Waals surface area contributed by atoms with E-state index in [-0.39, 0.29) is 5.25 Å². The molecule has 0 aliphatic carbocycles. The van der Waals surface area contributed by atoms with Gasteiger partial charge in [-0.15, -0.1) is 11.8 Å². The van der Waals surface area contributed by atoms with E-state index in [0.29, 0.717) is 23.3 Å². The predicted octanol–water partition coefficient (Wildman–Crippen LogP) is 5.91. The normalized spacial score (nSPS) is 11.5. The molecule has 1 atom stereocenters. The second-order valence-corrected chi connectivity index (χ2v) is 8.47. The van der Waals surface area contributed by atoms with Crippen molar-refractivity contribution in [2.45, 2.75) is 10.1 Å². The molecule has 0 fully saturated rings. The van der Waals surface area contributed by atoms with Crippen molar-refractivity contribution in [1.29, 1.82) is 0 Å². The maximum atomic E-state index is 13.9. The Balaban J connectivity index is 1.58. The van der Waals surface area contributed by atoms with Gasteiger partial charge in [-0.25, -0.2) is 8.78 Å². The largest absolute Gasteiger partial charge is 0.481 e. The Bertz CT molecular complexity index is 1280. The highest BCUT2D eigenvalue weighted by atomic mass is 32.2. The monoisotopic (exact) mass is 493 g/mol. The highest BCUT2D eigenvalue weighted by molar-refractivity contribution is 7.99. The molecule has 0 aliphatic heterocycles. The zero-order valence-corrected chi connectivity index (χ0v) is 19.7. The fraction of sp³-hybridized carbons (Fsp3) is 0.115. The van der Waals surface area contributed by atoms with Gasteiger partial charge in [-0.05, 0) is 42.0 Å². The zero-order valence-electron chi connectivity index (χ0n) is 18.9. The number of nitrogens with zero attached hydrogens (tertiary/aromatic N) is 2. The van der Waals surface area contributed by atoms with Crippen molar-refractivity contribution in [2.24, 2.45) is 0 Å². The molecular weight excluding hydrogens is 472 g/mol. The van der Waals surface area contributed by atoms with Gasteiger partial charge in [-0.3, -0.25) is 4.79 Å². The molecule has 4 rings (SSSR count). The van der Waals surface area contributed by atoms with Crippen molar-refractivity contribution >= 4 is 23.4 Å². The lowest BCUT2D eigenvalue weighted by atomic mass is 10.1. The minimum atomic E-state index is -0.922. The Morgan fingerprint density at radius 2 is 1.46 bits per heavy atom. The van der Waals surface area contributed by atoms with Crippen LogP contribution in [0.2, 0.25) is 0 Å². The number of amides is 1. The van der Waals surface area contributed by atoms with E-state index in [1.165, 1.54) is 32.0 Å². The number of benzene rings is 3. The third kappa shape index (κ3) is 5.75. The number of carbonyl (C=O) groups is 1. The summed E-state index contributed by atoms with van der Waals surface area (Å²) in [5.74, 6) is -1.44. The molecule has 3 aromatic carbocycles. The summed E-state index contributed by atoms with van der Waals surface area (Å²) in [5, 5.41) is 2.24. The van der Waals surface area contributed by atoms with Gasteiger partial charge in [-0.1, -0.05) is 36.4 Å². The van der Waals surface area contributed by atoms with Gasteiger partial charge in [-0.2, -0.15) is 9.97 Å². The molecule has 1 N–H and O–H groups in total. The van der Waals surface area contributed by atoms with Gasteiger partial charge in [0.1, 0.15) is 17.2 Å². The van der Waals surface area contributed by atoms with Gasteiger partial charge < -0.3 is 14.8 Å². The van der Waals surface area contributed by atoms with Gasteiger partial charge in [0.05, 0.1) is 25.5 Å². The number of thioether (sulfide) groups is 1. The molecule has 0 saturated heterocycles. The number of hydrogen-bond donors (Lipinski definition) is 1. The summed E-state index contributed by atoms with van der Waals surface area (Å²) in [6, 6.07) is 21.5. The van der Waals surface area contributed by atoms with E-state index >= 15 is 0 Å². The molecule has 178 valence electrons. The summed E-state index contributed by atoms with van der Waals surface area (Å²) in [6.07, 6.45) is 0. The molecule has 6 nitrogen and oxygen atoms in total. The standard InChI is InChI=1S/C26H21F2N3O3S/c1-33-21-15-22(34-2)31-25(30-21)24(16-7-4-3-5-8-16)35-18-13-11-17(12-14-18)29-26(32)23-19(27)9-6-10-20(23)28/h3-15,24H,1-2H3,(H,29,32)/t24-/m0/s1. The second kappa shape index (κ2) is 11.0. The molecule has 0 saturated carbocycles. The van der Waals surface area contributed by atoms with Crippen LogP contribution >= 0.6 is 11.8 Å². The number of hydrogen-bond acceptors (Lipinski definition) is 6. The summed E-state index contributed by atoms with van der Waals surface area (Å²) < 4.78 is 38.4. The number of halogens is 2. The smallest absolute Gasteiger partial charge is 0.261 e. The summed E-state index contributed by atoms with van der Waals surface area (Å²) in [4.78, 5) is 22.3. The van der Waals surface area contributed by atoms with Gasteiger partial charge in [0, 0.05) is 10.6 Å². The van der Waals surface area contributed by atoms with Crippen molar-refractivity contribution in [3.05, 3.63) is 107 Å². The topological polar surface area (TPSA) is 73.3 Å². The van der Waals surface area contributed by atoms with Crippen molar-refractivity contribution in [2.75, 3.05) is 19.5 Å². The second-order valence-electron chi connectivity index (χ2n) is 7.29. The van der Waals surface area contributed by atoms with Crippen LogP contribution in [0.25, 0.3) is 0 Å². The van der Waals surface area contributed by atoms with Crippen LogP contribution in [-0.2, 0) is 0 Å². The minimum absolute atomic E-state index is 0.284. The third-order valence-corrected chi connectivity index (χ3v) is 6.27. The first-order valence-electron chi connectivity index (χ1n) is 10.5. The van der Waals surface area contributed by atoms with Crippen LogP contribution in [0.1, 0.15) is 27.0 Å². The van der Waals surface area contributed by atoms with E-state index < -0.39 is 23.1 Å². The summed E-state index contributed by atoms with van der Waals surface area (Å²) in [6.45, 7) is 0. The SMILES string of the molecule is COc1cc(OC)nc([C@@H](Sc2ccc(NC(=O)c3c(F)cccc3F)cc2)c2ccccc2)n1. The summed E-state index contributed by atoms with van der Waals surface area (Å²) in [5.41, 5.74) is 0.747. The number of anilines is 1. The summed E-state index contributed by atoms with van der Waals surface area (Å²) >= 11 is 1.49. The molecule has 0 spiro atoms. The lowest BCUT2D eigenvalue weighted by Crippen LogP contribution is -2.15. The van der Waals surface area contributed by atoms with Crippen molar-refractivity contribution in [3.8, 4) is 11.8 Å². The molecule has 35 heavy (non-hydrogen) atoms. The number of carbonyl (C=O) groups excluding carboxylic acids is 1. The lowest BCUT2D eigenvalue weighted by Gasteiger charge is -2.17. The Hall–Kier alpha value is -3.98. The molecule has 1 amide bonds. The number of ether oxygens (including phenoxy) is 2. The Morgan fingerprint density at radius 3 is 2.03 bits per heavy atom. The third-order valence-electron chi connectivity index (χ3n) is 5.01. The molecule has 9 heteroatoms. The van der Waals surface area contributed by atoms with E-state index in [2.05, 4.69) is 15.3 Å². The van der Waals surface area contributed by atoms with E-state index in [1.807, 2.05) is 30.3 Å². The van der Waals surface area contributed by atoms with Crippen molar-refractivity contribution in [3.63, 3.8) is 0 Å². The average molecular weight is 494 g/mol. The number of rotatable bonds is 8. The minimum Gasteiger partial charge on any atom is -0.481 e. The van der Waals surface area contributed by atoms with Gasteiger partial charge >= 0.3 is 0 Å². The van der Waals surface area contributed by atoms with E-state index in [0.717, 1.165) is 22.6 Å². The number of nitrogens with one attached hydrogen (secondary N) is 1. The van der Waals surface area contributed by atoms with Crippen LogP contribution in [0, 0.1) is 11.6 Å². The van der Waals surface area contributed by atoms with Gasteiger partial charge in [0.2, 0.25) is 11.8 Å². The highest BCUT2D eigenvalue weighted by Crippen LogP contribution is 2.40. The molecular formula is C26H21F2N3O3S. The predicted molar refractivity (Wildman–Crippen MR) is 130 cm³/mol. The van der Waals surface area contributed by atoms with Crippen molar-refractivity contribution < 1.29 is 23.0 Å². The average Bonchev–Trinajstić information content (AvgIpc) is 2.88. The van der Waals surface area contributed by atoms with Crippen LogP contribution in [0.3, 0.4) is 0 Å². The highest BCUT2D eigenvalue weighted by Gasteiger charge is 2.22. The Kier molecular flexibility index (Phi) is 7.57. The molecule has 0 radical (unpaired) electrons. The molecule has 1 aromatic heterocycles. The first kappa shape index (κ1) is 24.2. The Morgan fingerprint density at radius 1 is 0.857 bits per heavy atom. The fourth-order valence-electron chi connectivity index (χ4n) is 3.31. The molecule has 4 aromatic rings. The van der Waals surface area contributed by atoms with Crippen LogP contribution in [0.4, 0.5) is 14.5 Å². The Labute approximate surface area is 205 Å². The maximum absolute atomic E-state index is 13.9. The van der Waals surface area contributed by atoms with E-state index in [4.69, 9.17) is 9.47 Å². The number of methoxy groups -OCH3 is 2. The zero-order chi connectivity index (χ0) is 24.8. The molecule has 0 bridgehead atoms. The molecule has 0 unspecified atom stereocenters. The fourth-order valence-corrected chi connectivity index (χ4v) is 4.38. The van der Waals surface area contributed by atoms with Crippen LogP contribution in [-0.4, -0.2) is 30.1 Å². The molecule has 1 heterocycles. The van der Waals surface area contributed by atoms with Crippen LogP contribution < -0.4 is 14.8 Å². The summed E-state index contributed by atoms with van der Waals surface area (Å²) in [7, 11) is 3.05. The van der Waals surface area contributed by atoms with Crippen LogP contribution in [0.5, 0.6) is 11.8 Å². The number of aromatic nitrogens is 2. The first-order valence-corrected chi connectivity index (χ1v) is 11.4. The van der Waals surface area contributed by atoms with Gasteiger partial charge in [0.25, 0.3) is 5.91 Å². The quantitative estimate of drug-likeness (QED) is 0.308. The van der Waals surface area contributed by atoms with Crippen molar-refractivity contribution in [1.82, 2.24) is 9.97 Å². The van der Waals surface area contributed by atoms with Gasteiger partial charge in [0.15, 0.2) is 5.82 Å².